The third-order valence-electron chi connectivity index (χ3n) is 2.05. The molecule has 0 atom stereocenters. The molecular formula is C11H10FN3OS. The van der Waals surface area contributed by atoms with Gasteiger partial charge in [0.2, 0.25) is 0 Å². The molecule has 0 unspecified atom stereocenters. The van der Waals surface area contributed by atoms with Crippen molar-refractivity contribution in [2.75, 3.05) is 0 Å². The second-order valence-electron chi connectivity index (χ2n) is 3.41. The number of aromatic nitrogens is 2. The van der Waals surface area contributed by atoms with E-state index >= 15 is 0 Å². The van der Waals surface area contributed by atoms with Gasteiger partial charge in [0.15, 0.2) is 0 Å². The number of hydrogen-bond acceptors (Lipinski definition) is 4. The van der Waals surface area contributed by atoms with Crippen molar-refractivity contribution >= 4 is 17.2 Å². The van der Waals surface area contributed by atoms with E-state index in [-0.39, 0.29) is 5.91 Å². The summed E-state index contributed by atoms with van der Waals surface area (Å²) in [4.78, 5) is 11.7. The molecule has 0 aliphatic heterocycles. The number of amides is 1. The Balaban J connectivity index is 1.98. The molecule has 2 aromatic rings. The first-order valence-electron chi connectivity index (χ1n) is 4.98. The average molecular weight is 251 g/mol. The highest BCUT2D eigenvalue weighted by Gasteiger charge is 2.07. The Kier molecular flexibility index (Phi) is 3.43. The molecule has 1 N–H and O–H groups in total. The smallest absolute Gasteiger partial charge is 0.251 e. The van der Waals surface area contributed by atoms with Gasteiger partial charge in [-0.15, -0.1) is 10.2 Å². The molecule has 4 nitrogen and oxygen atoms in total. The number of rotatable bonds is 3. The number of aryl methyl sites for hydroxylation is 1. The van der Waals surface area contributed by atoms with Gasteiger partial charge in [-0.25, -0.2) is 4.39 Å². The number of halogens is 1. The topological polar surface area (TPSA) is 54.9 Å². The zero-order valence-electron chi connectivity index (χ0n) is 9.11. The Hall–Kier alpha value is -1.82. The van der Waals surface area contributed by atoms with Gasteiger partial charge in [-0.3, -0.25) is 4.79 Å². The van der Waals surface area contributed by atoms with Gasteiger partial charge in [0, 0.05) is 5.56 Å². The molecule has 0 radical (unpaired) electrons. The minimum absolute atomic E-state index is 0.297. The van der Waals surface area contributed by atoms with E-state index in [1.807, 2.05) is 6.92 Å². The number of carbonyl (C=O) groups excluding carboxylic acids is 1. The van der Waals surface area contributed by atoms with E-state index in [1.165, 1.54) is 29.5 Å². The zero-order chi connectivity index (χ0) is 12.3. The van der Waals surface area contributed by atoms with Crippen LogP contribution in [-0.2, 0) is 6.54 Å². The molecule has 88 valence electrons. The fourth-order valence-corrected chi connectivity index (χ4v) is 1.95. The summed E-state index contributed by atoms with van der Waals surface area (Å²) in [6.07, 6.45) is 0. The summed E-state index contributed by atoms with van der Waals surface area (Å²) in [6, 6.07) is 5.55. The maximum Gasteiger partial charge on any atom is 0.251 e. The molecule has 0 aliphatic carbocycles. The van der Waals surface area contributed by atoms with Crippen LogP contribution in [0.25, 0.3) is 0 Å². The normalized spacial score (nSPS) is 10.2. The molecule has 0 spiro atoms. The van der Waals surface area contributed by atoms with Crippen LogP contribution in [0.15, 0.2) is 24.3 Å². The van der Waals surface area contributed by atoms with Crippen molar-refractivity contribution in [1.82, 2.24) is 15.5 Å². The lowest BCUT2D eigenvalue weighted by Crippen LogP contribution is -2.22. The van der Waals surface area contributed by atoms with Gasteiger partial charge >= 0.3 is 0 Å². The Bertz CT molecular complexity index is 541. The standard InChI is InChI=1S/C11H10FN3OS/c1-7-14-15-10(17-7)6-13-11(16)8-3-2-4-9(12)5-8/h2-5H,6H2,1H3,(H,13,16). The highest BCUT2D eigenvalue weighted by molar-refractivity contribution is 7.11. The molecule has 2 rings (SSSR count). The number of nitrogens with zero attached hydrogens (tertiary/aromatic N) is 2. The van der Waals surface area contributed by atoms with Gasteiger partial charge in [-0.1, -0.05) is 17.4 Å². The van der Waals surface area contributed by atoms with E-state index in [1.54, 1.807) is 6.07 Å². The third kappa shape index (κ3) is 3.07. The molecule has 1 aromatic heterocycles. The number of carbonyl (C=O) groups is 1. The summed E-state index contributed by atoms with van der Waals surface area (Å²) < 4.78 is 12.9. The Labute approximate surface area is 102 Å². The highest BCUT2D eigenvalue weighted by Crippen LogP contribution is 2.08. The second kappa shape index (κ2) is 5.01. The van der Waals surface area contributed by atoms with Crippen molar-refractivity contribution in [2.45, 2.75) is 13.5 Å². The first-order chi connectivity index (χ1) is 8.15. The van der Waals surface area contributed by atoms with E-state index < -0.39 is 5.82 Å². The molecule has 1 heterocycles. The summed E-state index contributed by atoms with van der Waals surface area (Å²) in [5.41, 5.74) is 0.297. The lowest BCUT2D eigenvalue weighted by molar-refractivity contribution is 0.0950. The van der Waals surface area contributed by atoms with Crippen LogP contribution in [0.3, 0.4) is 0 Å². The summed E-state index contributed by atoms with van der Waals surface area (Å²) in [7, 11) is 0. The Morgan fingerprint density at radius 2 is 2.29 bits per heavy atom. The summed E-state index contributed by atoms with van der Waals surface area (Å²) >= 11 is 1.42. The maximum absolute atomic E-state index is 12.9. The lowest BCUT2D eigenvalue weighted by atomic mass is 10.2. The molecule has 17 heavy (non-hydrogen) atoms. The highest BCUT2D eigenvalue weighted by atomic mass is 32.1. The maximum atomic E-state index is 12.9. The quantitative estimate of drug-likeness (QED) is 0.906. The number of nitrogens with one attached hydrogen (secondary N) is 1. The van der Waals surface area contributed by atoms with Gasteiger partial charge < -0.3 is 5.32 Å². The van der Waals surface area contributed by atoms with Crippen molar-refractivity contribution in [3.8, 4) is 0 Å². The predicted octanol–water partition coefficient (Wildman–Crippen LogP) is 1.92. The molecule has 0 fully saturated rings. The second-order valence-corrected chi connectivity index (χ2v) is 4.67. The van der Waals surface area contributed by atoms with Gasteiger partial charge in [-0.05, 0) is 25.1 Å². The van der Waals surface area contributed by atoms with Gasteiger partial charge in [0.1, 0.15) is 15.8 Å². The molecule has 6 heteroatoms. The summed E-state index contributed by atoms with van der Waals surface area (Å²) in [6.45, 7) is 2.15. The third-order valence-corrected chi connectivity index (χ3v) is 2.89. The minimum Gasteiger partial charge on any atom is -0.345 e. The predicted molar refractivity (Wildman–Crippen MR) is 62.2 cm³/mol. The molecule has 0 aliphatic rings. The molecular weight excluding hydrogens is 241 g/mol. The van der Waals surface area contributed by atoms with Crippen LogP contribution in [0.4, 0.5) is 4.39 Å². The number of benzene rings is 1. The van der Waals surface area contributed by atoms with Gasteiger partial charge in [0.05, 0.1) is 6.54 Å². The van der Waals surface area contributed by atoms with Crippen molar-refractivity contribution < 1.29 is 9.18 Å². The van der Waals surface area contributed by atoms with Gasteiger partial charge in [-0.2, -0.15) is 0 Å². The zero-order valence-corrected chi connectivity index (χ0v) is 9.92. The van der Waals surface area contributed by atoms with Crippen molar-refractivity contribution in [2.24, 2.45) is 0 Å². The summed E-state index contributed by atoms with van der Waals surface area (Å²) in [5.74, 6) is -0.748. The SMILES string of the molecule is Cc1nnc(CNC(=O)c2cccc(F)c2)s1. The van der Waals surface area contributed by atoms with Crippen molar-refractivity contribution in [3.05, 3.63) is 45.7 Å². The Morgan fingerprint density at radius 3 is 2.94 bits per heavy atom. The molecule has 0 saturated heterocycles. The molecule has 1 aromatic carbocycles. The molecule has 0 bridgehead atoms. The van der Waals surface area contributed by atoms with Crippen LogP contribution in [0.5, 0.6) is 0 Å². The average Bonchev–Trinajstić information content (AvgIpc) is 2.72. The summed E-state index contributed by atoms with van der Waals surface area (Å²) in [5, 5.41) is 12.0. The monoisotopic (exact) mass is 251 g/mol. The number of hydrogen-bond donors (Lipinski definition) is 1. The van der Waals surface area contributed by atoms with Crippen LogP contribution in [0.1, 0.15) is 20.4 Å². The minimum atomic E-state index is -0.426. The largest absolute Gasteiger partial charge is 0.345 e. The van der Waals surface area contributed by atoms with Crippen molar-refractivity contribution in [1.29, 1.82) is 0 Å². The van der Waals surface area contributed by atoms with E-state index in [0.29, 0.717) is 12.1 Å². The fourth-order valence-electron chi connectivity index (χ4n) is 1.30. The van der Waals surface area contributed by atoms with E-state index in [4.69, 9.17) is 0 Å². The van der Waals surface area contributed by atoms with E-state index in [2.05, 4.69) is 15.5 Å². The van der Waals surface area contributed by atoms with Crippen LogP contribution in [-0.4, -0.2) is 16.1 Å². The van der Waals surface area contributed by atoms with Crippen LogP contribution in [0, 0.1) is 12.7 Å². The fraction of sp³-hybridized carbons (Fsp3) is 0.182. The van der Waals surface area contributed by atoms with Gasteiger partial charge in [0.25, 0.3) is 5.91 Å². The van der Waals surface area contributed by atoms with Crippen LogP contribution < -0.4 is 5.32 Å². The molecule has 1 amide bonds. The van der Waals surface area contributed by atoms with Crippen molar-refractivity contribution in [3.63, 3.8) is 0 Å². The molecule has 0 saturated carbocycles. The van der Waals surface area contributed by atoms with Crippen LogP contribution in [0.2, 0.25) is 0 Å². The van der Waals surface area contributed by atoms with Crippen LogP contribution >= 0.6 is 11.3 Å². The first kappa shape index (κ1) is 11.7. The van der Waals surface area contributed by atoms with E-state index in [9.17, 15) is 9.18 Å². The Morgan fingerprint density at radius 1 is 1.47 bits per heavy atom. The lowest BCUT2D eigenvalue weighted by Gasteiger charge is -2.02. The first-order valence-corrected chi connectivity index (χ1v) is 5.79. The van der Waals surface area contributed by atoms with E-state index in [0.717, 1.165) is 10.0 Å².